The van der Waals surface area contributed by atoms with Crippen molar-refractivity contribution in [3.63, 3.8) is 0 Å². The average molecular weight is 304 g/mol. The monoisotopic (exact) mass is 303 g/mol. The third-order valence-corrected chi connectivity index (χ3v) is 3.96. The Balaban J connectivity index is 0.00000180. The lowest BCUT2D eigenvalue weighted by Gasteiger charge is -2.34. The van der Waals surface area contributed by atoms with Crippen molar-refractivity contribution in [3.8, 4) is 0 Å². The highest BCUT2D eigenvalue weighted by Gasteiger charge is 2.26. The van der Waals surface area contributed by atoms with Gasteiger partial charge in [0.2, 0.25) is 0 Å². The van der Waals surface area contributed by atoms with Crippen LogP contribution in [0.5, 0.6) is 0 Å². The normalized spacial score (nSPS) is 24.6. The van der Waals surface area contributed by atoms with E-state index in [2.05, 4.69) is 12.2 Å². The predicted molar refractivity (Wildman–Crippen MR) is 83.1 cm³/mol. The first-order valence-corrected chi connectivity index (χ1v) is 7.28. The van der Waals surface area contributed by atoms with Crippen LogP contribution in [0.4, 0.5) is 0 Å². The zero-order chi connectivity index (χ0) is 13.0. The van der Waals surface area contributed by atoms with E-state index in [-0.39, 0.29) is 18.4 Å². The summed E-state index contributed by atoms with van der Waals surface area (Å²) in [4.78, 5) is 0. The van der Waals surface area contributed by atoms with Crippen LogP contribution in [0.25, 0.3) is 0 Å². The van der Waals surface area contributed by atoms with E-state index >= 15 is 0 Å². The molecular weight excluding hydrogens is 281 g/mol. The van der Waals surface area contributed by atoms with Gasteiger partial charge in [-0.15, -0.1) is 12.4 Å². The molecule has 4 heteroatoms. The largest absolute Gasteiger partial charge is 0.387 e. The lowest BCUT2D eigenvalue weighted by atomic mass is 9.90. The van der Waals surface area contributed by atoms with Gasteiger partial charge in [-0.3, -0.25) is 0 Å². The Labute approximate surface area is 127 Å². The molecule has 0 aliphatic carbocycles. The third kappa shape index (κ3) is 4.64. The van der Waals surface area contributed by atoms with E-state index in [1.807, 2.05) is 24.3 Å². The van der Waals surface area contributed by atoms with Gasteiger partial charge in [0.05, 0.1) is 6.10 Å². The van der Waals surface area contributed by atoms with Gasteiger partial charge in [0, 0.05) is 17.1 Å². The van der Waals surface area contributed by atoms with Crippen molar-refractivity contribution in [2.24, 2.45) is 0 Å². The van der Waals surface area contributed by atoms with Crippen molar-refractivity contribution in [2.45, 2.75) is 57.2 Å². The van der Waals surface area contributed by atoms with Gasteiger partial charge in [-0.2, -0.15) is 0 Å². The quantitative estimate of drug-likeness (QED) is 0.877. The SMILES string of the molecule is CCC[C@H]1CCC[C@@H](C(O)c2cccc(Cl)c2)N1.Cl. The molecule has 1 fully saturated rings. The van der Waals surface area contributed by atoms with Crippen LogP contribution < -0.4 is 5.32 Å². The van der Waals surface area contributed by atoms with Gasteiger partial charge in [-0.1, -0.05) is 43.5 Å². The molecule has 2 rings (SSSR count). The number of hydrogen-bond donors (Lipinski definition) is 2. The third-order valence-electron chi connectivity index (χ3n) is 3.73. The van der Waals surface area contributed by atoms with Crippen LogP contribution in [0, 0.1) is 0 Å². The molecule has 0 aromatic heterocycles. The number of hydrogen-bond acceptors (Lipinski definition) is 2. The minimum Gasteiger partial charge on any atom is -0.387 e. The van der Waals surface area contributed by atoms with Gasteiger partial charge in [0.15, 0.2) is 0 Å². The summed E-state index contributed by atoms with van der Waals surface area (Å²) in [5.41, 5.74) is 0.914. The summed E-state index contributed by atoms with van der Waals surface area (Å²) in [6.45, 7) is 2.21. The van der Waals surface area contributed by atoms with Gasteiger partial charge in [0.25, 0.3) is 0 Å². The molecule has 19 heavy (non-hydrogen) atoms. The fourth-order valence-electron chi connectivity index (χ4n) is 2.80. The van der Waals surface area contributed by atoms with E-state index in [0.29, 0.717) is 11.1 Å². The predicted octanol–water partition coefficient (Wildman–Crippen LogP) is 4.11. The molecular formula is C15H23Cl2NO. The van der Waals surface area contributed by atoms with Gasteiger partial charge in [-0.25, -0.2) is 0 Å². The summed E-state index contributed by atoms with van der Waals surface area (Å²) in [6, 6.07) is 8.26. The molecule has 108 valence electrons. The molecule has 0 spiro atoms. The van der Waals surface area contributed by atoms with E-state index in [1.165, 1.54) is 25.7 Å². The summed E-state index contributed by atoms with van der Waals surface area (Å²) in [5, 5.41) is 14.7. The van der Waals surface area contributed by atoms with Gasteiger partial charge < -0.3 is 10.4 Å². The van der Waals surface area contributed by atoms with E-state index in [0.717, 1.165) is 12.0 Å². The van der Waals surface area contributed by atoms with Crippen LogP contribution >= 0.6 is 24.0 Å². The maximum atomic E-state index is 10.4. The van der Waals surface area contributed by atoms with Crippen LogP contribution in [-0.4, -0.2) is 17.2 Å². The molecule has 1 aliphatic heterocycles. The van der Waals surface area contributed by atoms with Crippen molar-refractivity contribution in [2.75, 3.05) is 0 Å². The minimum absolute atomic E-state index is 0. The number of benzene rings is 1. The van der Waals surface area contributed by atoms with Crippen molar-refractivity contribution in [3.05, 3.63) is 34.9 Å². The molecule has 2 nitrogen and oxygen atoms in total. The van der Waals surface area contributed by atoms with E-state index in [9.17, 15) is 5.11 Å². The zero-order valence-corrected chi connectivity index (χ0v) is 12.9. The topological polar surface area (TPSA) is 32.3 Å². The highest BCUT2D eigenvalue weighted by molar-refractivity contribution is 6.30. The summed E-state index contributed by atoms with van der Waals surface area (Å²) in [5.74, 6) is 0. The second-order valence-corrected chi connectivity index (χ2v) is 5.63. The van der Waals surface area contributed by atoms with Crippen LogP contribution in [0.1, 0.15) is 50.7 Å². The highest BCUT2D eigenvalue weighted by Crippen LogP contribution is 2.27. The van der Waals surface area contributed by atoms with Crippen LogP contribution in [-0.2, 0) is 0 Å². The molecule has 1 unspecified atom stereocenters. The zero-order valence-electron chi connectivity index (χ0n) is 11.3. The first-order chi connectivity index (χ1) is 8.70. The Bertz CT molecular complexity index is 384. The average Bonchev–Trinajstić information content (AvgIpc) is 2.39. The maximum Gasteiger partial charge on any atom is 0.0943 e. The summed E-state index contributed by atoms with van der Waals surface area (Å²) in [6.07, 6.45) is 5.39. The first kappa shape index (κ1) is 16.8. The van der Waals surface area contributed by atoms with E-state index < -0.39 is 6.10 Å². The van der Waals surface area contributed by atoms with E-state index in [4.69, 9.17) is 11.6 Å². The van der Waals surface area contributed by atoms with Crippen molar-refractivity contribution < 1.29 is 5.11 Å². The number of halogens is 2. The van der Waals surface area contributed by atoms with Crippen molar-refractivity contribution >= 4 is 24.0 Å². The smallest absolute Gasteiger partial charge is 0.0943 e. The van der Waals surface area contributed by atoms with Gasteiger partial charge in [-0.05, 0) is 37.0 Å². The Morgan fingerprint density at radius 1 is 1.42 bits per heavy atom. The molecule has 0 saturated carbocycles. The summed E-state index contributed by atoms with van der Waals surface area (Å²) >= 11 is 5.97. The number of nitrogens with one attached hydrogen (secondary N) is 1. The summed E-state index contributed by atoms with van der Waals surface area (Å²) in [7, 11) is 0. The lowest BCUT2D eigenvalue weighted by molar-refractivity contribution is 0.0998. The molecule has 0 bridgehead atoms. The number of aliphatic hydroxyl groups excluding tert-OH is 1. The molecule has 1 aliphatic rings. The molecule has 2 N–H and O–H groups in total. The van der Waals surface area contributed by atoms with Crippen molar-refractivity contribution in [1.29, 1.82) is 0 Å². The van der Waals surface area contributed by atoms with Crippen molar-refractivity contribution in [1.82, 2.24) is 5.32 Å². The minimum atomic E-state index is -0.455. The standard InChI is InChI=1S/C15H22ClNO.ClH/c1-2-5-13-8-4-9-14(17-13)15(18)11-6-3-7-12(16)10-11;/h3,6-7,10,13-15,17-18H,2,4-5,8-9H2,1H3;1H/t13-,14-,15?;/m0./s1. The Kier molecular flexibility index (Phi) is 7.16. The number of rotatable bonds is 4. The van der Waals surface area contributed by atoms with Crippen LogP contribution in [0.2, 0.25) is 5.02 Å². The first-order valence-electron chi connectivity index (χ1n) is 6.90. The van der Waals surface area contributed by atoms with Crippen LogP contribution in [0.3, 0.4) is 0 Å². The lowest BCUT2D eigenvalue weighted by Crippen LogP contribution is -2.45. The molecule has 1 saturated heterocycles. The number of piperidine rings is 1. The molecule has 1 heterocycles. The fraction of sp³-hybridized carbons (Fsp3) is 0.600. The number of aliphatic hydroxyl groups is 1. The van der Waals surface area contributed by atoms with Gasteiger partial charge in [0.1, 0.15) is 0 Å². The second-order valence-electron chi connectivity index (χ2n) is 5.19. The van der Waals surface area contributed by atoms with E-state index in [1.54, 1.807) is 0 Å². The Morgan fingerprint density at radius 3 is 2.89 bits per heavy atom. The van der Waals surface area contributed by atoms with Gasteiger partial charge >= 0.3 is 0 Å². The Hall–Kier alpha value is -0.280. The maximum absolute atomic E-state index is 10.4. The highest BCUT2D eigenvalue weighted by atomic mass is 35.5. The van der Waals surface area contributed by atoms with Crippen LogP contribution in [0.15, 0.2) is 24.3 Å². The molecule has 0 radical (unpaired) electrons. The molecule has 1 aromatic rings. The molecule has 1 aromatic carbocycles. The second kappa shape index (κ2) is 8.11. The fourth-order valence-corrected chi connectivity index (χ4v) is 3.00. The Morgan fingerprint density at radius 2 is 2.21 bits per heavy atom. The molecule has 3 atom stereocenters. The molecule has 0 amide bonds. The summed E-state index contributed by atoms with van der Waals surface area (Å²) < 4.78 is 0.